The second-order valence-electron chi connectivity index (χ2n) is 21.3. The van der Waals surface area contributed by atoms with E-state index in [2.05, 4.69) is 196 Å². The van der Waals surface area contributed by atoms with Gasteiger partial charge in [0.25, 0.3) is 7.82 Å². The fraction of sp³-hybridized carbons (Fsp3) is 0.556. The van der Waals surface area contributed by atoms with Gasteiger partial charge in [-0.2, -0.15) is 0 Å². The Morgan fingerprint density at radius 1 is 0.378 bits per heavy atom. The second-order valence-corrected chi connectivity index (χ2v) is 22.7. The molecule has 0 rings (SSSR count). The molecule has 82 heavy (non-hydrogen) atoms. The van der Waals surface area contributed by atoms with Crippen molar-refractivity contribution in [2.75, 3.05) is 47.5 Å². The number of quaternary nitrogens is 1. The summed E-state index contributed by atoms with van der Waals surface area (Å²) >= 11 is 0. The van der Waals surface area contributed by atoms with E-state index in [1.54, 1.807) is 0 Å². The molecule has 0 aromatic heterocycles. The Morgan fingerprint density at radius 2 is 0.659 bits per heavy atom. The van der Waals surface area contributed by atoms with E-state index < -0.39 is 32.5 Å². The third-order valence-corrected chi connectivity index (χ3v) is 13.4. The summed E-state index contributed by atoms with van der Waals surface area (Å²) in [5, 5.41) is 0. The summed E-state index contributed by atoms with van der Waals surface area (Å²) < 4.78 is 34.2. The summed E-state index contributed by atoms with van der Waals surface area (Å²) in [5.41, 5.74) is 0. The number of ether oxygens (including phenoxy) is 2. The van der Waals surface area contributed by atoms with Crippen molar-refractivity contribution in [1.82, 2.24) is 0 Å². The quantitative estimate of drug-likeness (QED) is 0.0195. The van der Waals surface area contributed by atoms with Crippen LogP contribution >= 0.6 is 7.82 Å². The van der Waals surface area contributed by atoms with Gasteiger partial charge < -0.3 is 27.9 Å². The van der Waals surface area contributed by atoms with E-state index in [1.807, 2.05) is 21.1 Å². The van der Waals surface area contributed by atoms with Crippen LogP contribution < -0.4 is 4.89 Å². The number of esters is 2. The van der Waals surface area contributed by atoms with Gasteiger partial charge in [0, 0.05) is 12.8 Å². The maximum atomic E-state index is 12.8. The van der Waals surface area contributed by atoms with Gasteiger partial charge in [-0.25, -0.2) is 0 Å². The van der Waals surface area contributed by atoms with Crippen molar-refractivity contribution in [3.05, 3.63) is 182 Å². The summed E-state index contributed by atoms with van der Waals surface area (Å²) in [6.07, 6.45) is 93.7. The van der Waals surface area contributed by atoms with Crippen LogP contribution in [0.15, 0.2) is 182 Å². The van der Waals surface area contributed by atoms with Crippen LogP contribution in [0.2, 0.25) is 0 Å². The van der Waals surface area contributed by atoms with E-state index in [0.29, 0.717) is 23.9 Å². The van der Waals surface area contributed by atoms with Gasteiger partial charge in [-0.05, 0) is 135 Å². The number of allylic oxidation sites excluding steroid dienone is 30. The second kappa shape index (κ2) is 60.7. The van der Waals surface area contributed by atoms with Gasteiger partial charge in [-0.3, -0.25) is 14.2 Å². The molecule has 0 aliphatic rings. The van der Waals surface area contributed by atoms with E-state index in [-0.39, 0.29) is 26.1 Å². The molecule has 0 aliphatic carbocycles. The van der Waals surface area contributed by atoms with Gasteiger partial charge in [0.1, 0.15) is 19.8 Å². The molecule has 0 N–H and O–H groups in total. The van der Waals surface area contributed by atoms with Crippen LogP contribution in [0.1, 0.15) is 206 Å². The molecule has 0 saturated heterocycles. The molecule has 0 spiro atoms. The highest BCUT2D eigenvalue weighted by atomic mass is 31.2. The minimum Gasteiger partial charge on any atom is -0.756 e. The van der Waals surface area contributed by atoms with E-state index >= 15 is 0 Å². The smallest absolute Gasteiger partial charge is 0.306 e. The summed E-state index contributed by atoms with van der Waals surface area (Å²) in [4.78, 5) is 38.0. The maximum Gasteiger partial charge on any atom is 0.306 e. The van der Waals surface area contributed by atoms with E-state index in [4.69, 9.17) is 18.5 Å². The maximum absolute atomic E-state index is 12.8. The Morgan fingerprint density at radius 3 is 0.976 bits per heavy atom. The number of unbranched alkanes of at least 4 members (excludes halogenated alkanes) is 11. The molecule has 0 amide bonds. The Balaban J connectivity index is 4.27. The summed E-state index contributed by atoms with van der Waals surface area (Å²) in [7, 11) is 1.11. The number of carbonyl (C=O) groups is 2. The molecule has 2 atom stereocenters. The summed E-state index contributed by atoms with van der Waals surface area (Å²) in [6, 6.07) is 0. The van der Waals surface area contributed by atoms with Crippen molar-refractivity contribution in [3.8, 4) is 0 Å². The van der Waals surface area contributed by atoms with Crippen molar-refractivity contribution >= 4 is 19.8 Å². The van der Waals surface area contributed by atoms with Gasteiger partial charge in [0.15, 0.2) is 6.10 Å². The first-order chi connectivity index (χ1) is 40.0. The number of nitrogens with zero attached hydrogens (tertiary/aromatic N) is 1. The van der Waals surface area contributed by atoms with E-state index in [0.717, 1.165) is 148 Å². The Kier molecular flexibility index (Phi) is 57.1. The SMILES string of the molecule is CC/C=C\C/C=C\C/C=C\C/C=C\C/C=C\C/C=C\C/C=C\C/C=C\C/C=C\C/C=C\CCCCCCC(=O)OC(COC(=O)CCCCCCCCC/C=C\C/C=C\C/C=C\C/C=C\C/C=C\CC)COP(=O)([O-])OCC[N+](C)(C)C. The molecule has 9 nitrogen and oxygen atoms in total. The minimum absolute atomic E-state index is 0.0493. The molecule has 0 saturated carbocycles. The summed E-state index contributed by atoms with van der Waals surface area (Å²) in [5.74, 6) is -0.892. The minimum atomic E-state index is -4.66. The number of hydrogen-bond acceptors (Lipinski definition) is 8. The van der Waals surface area contributed by atoms with Crippen molar-refractivity contribution in [3.63, 3.8) is 0 Å². The lowest BCUT2D eigenvalue weighted by Gasteiger charge is -2.28. The topological polar surface area (TPSA) is 111 Å². The zero-order valence-corrected chi connectivity index (χ0v) is 53.0. The fourth-order valence-electron chi connectivity index (χ4n) is 7.65. The monoisotopic (exact) mass is 1150 g/mol. The average molecular weight is 1150 g/mol. The van der Waals surface area contributed by atoms with Gasteiger partial charge in [0.2, 0.25) is 0 Å². The molecule has 0 radical (unpaired) electrons. The first kappa shape index (κ1) is 77.1. The molecule has 0 bridgehead atoms. The van der Waals surface area contributed by atoms with Crippen molar-refractivity contribution in [2.24, 2.45) is 0 Å². The van der Waals surface area contributed by atoms with Crippen LogP contribution in [-0.2, 0) is 32.7 Å². The summed E-state index contributed by atoms with van der Waals surface area (Å²) in [6.45, 7) is 3.94. The van der Waals surface area contributed by atoms with Gasteiger partial charge in [0.05, 0.1) is 27.7 Å². The lowest BCUT2D eigenvalue weighted by atomic mass is 10.1. The average Bonchev–Trinajstić information content (AvgIpc) is 3.45. The largest absolute Gasteiger partial charge is 0.756 e. The zero-order valence-electron chi connectivity index (χ0n) is 52.1. The zero-order chi connectivity index (χ0) is 59.8. The molecule has 460 valence electrons. The number of hydrogen-bond donors (Lipinski definition) is 0. The molecule has 0 aliphatic heterocycles. The first-order valence-corrected chi connectivity index (χ1v) is 33.0. The molecule has 0 aromatic rings. The van der Waals surface area contributed by atoms with Crippen LogP contribution in [0.25, 0.3) is 0 Å². The normalized spacial score (nSPS) is 14.5. The molecular formula is C72H114NO8P. The third-order valence-electron chi connectivity index (χ3n) is 12.4. The lowest BCUT2D eigenvalue weighted by Crippen LogP contribution is -2.37. The Hall–Kier alpha value is -4.89. The highest BCUT2D eigenvalue weighted by Crippen LogP contribution is 2.38. The predicted octanol–water partition coefficient (Wildman–Crippen LogP) is 19.7. The van der Waals surface area contributed by atoms with Crippen molar-refractivity contribution < 1.29 is 42.1 Å². The molecule has 10 heteroatoms. The van der Waals surface area contributed by atoms with Crippen LogP contribution in [0.5, 0.6) is 0 Å². The molecule has 0 fully saturated rings. The fourth-order valence-corrected chi connectivity index (χ4v) is 8.38. The predicted molar refractivity (Wildman–Crippen MR) is 350 cm³/mol. The third kappa shape index (κ3) is 64.3. The molecular weight excluding hydrogens is 1040 g/mol. The first-order valence-electron chi connectivity index (χ1n) is 31.5. The molecule has 0 heterocycles. The lowest BCUT2D eigenvalue weighted by molar-refractivity contribution is -0.870. The van der Waals surface area contributed by atoms with Crippen LogP contribution in [-0.4, -0.2) is 70.0 Å². The van der Waals surface area contributed by atoms with E-state index in [1.165, 1.54) is 19.3 Å². The Bertz CT molecular complexity index is 2030. The van der Waals surface area contributed by atoms with Crippen molar-refractivity contribution in [1.29, 1.82) is 0 Å². The number of carbonyl (C=O) groups excluding carboxylic acids is 2. The van der Waals surface area contributed by atoms with Crippen LogP contribution in [0, 0.1) is 0 Å². The standard InChI is InChI=1S/C72H114NO8P/c1-6-8-10-12-14-16-18-20-22-24-26-28-30-31-32-33-34-35-36-37-38-39-40-41-43-45-47-49-51-53-55-57-59-61-63-65-72(75)81-70(69-80-82(76,77)79-67-66-73(3,4)5)68-78-71(74)64-62-60-58-56-54-52-50-48-46-44-42-29-27-25-23-21-19-17-15-13-11-9-7-2/h8-11,14-17,20-23,26-29,31-32,34-35,37-38,40-41,44-47,51,53,70H,6-7,12-13,18-19,24-25,30,33,36,39,42-43,48-50,52,54-69H2,1-5H3/b10-8-,11-9-,16-14-,17-15-,22-20-,23-21-,28-26-,29-27-,32-31-,35-34-,38-37-,41-40-,46-44-,47-45-,53-51-. The van der Waals surface area contributed by atoms with Crippen molar-refractivity contribution in [2.45, 2.75) is 213 Å². The highest BCUT2D eigenvalue weighted by molar-refractivity contribution is 7.45. The number of phosphoric acid groups is 1. The number of phosphoric ester groups is 1. The molecule has 2 unspecified atom stereocenters. The molecule has 0 aromatic carbocycles. The van der Waals surface area contributed by atoms with Gasteiger partial charge in [-0.1, -0.05) is 241 Å². The number of likely N-dealkylation sites (N-methyl/N-ethyl adjacent to an activating group) is 1. The van der Waals surface area contributed by atoms with E-state index in [9.17, 15) is 19.0 Å². The van der Waals surface area contributed by atoms with Crippen LogP contribution in [0.4, 0.5) is 0 Å². The van der Waals surface area contributed by atoms with Gasteiger partial charge >= 0.3 is 11.9 Å². The Labute approximate surface area is 501 Å². The van der Waals surface area contributed by atoms with Gasteiger partial charge in [-0.15, -0.1) is 0 Å². The van der Waals surface area contributed by atoms with Crippen LogP contribution in [0.3, 0.4) is 0 Å². The number of rotatable bonds is 55. The highest BCUT2D eigenvalue weighted by Gasteiger charge is 2.21.